The van der Waals surface area contributed by atoms with Crippen molar-refractivity contribution in [2.45, 2.75) is 25.2 Å². The molecule has 0 spiro atoms. The second kappa shape index (κ2) is 9.07. The largest absolute Gasteiger partial charge is 0.497 e. The van der Waals surface area contributed by atoms with Crippen molar-refractivity contribution in [1.29, 1.82) is 0 Å². The van der Waals surface area contributed by atoms with E-state index in [1.165, 1.54) is 0 Å². The number of rotatable bonds is 9. The third-order valence-corrected chi connectivity index (χ3v) is 4.60. The van der Waals surface area contributed by atoms with Crippen molar-refractivity contribution in [3.8, 4) is 11.5 Å². The van der Waals surface area contributed by atoms with E-state index in [4.69, 9.17) is 9.47 Å². The van der Waals surface area contributed by atoms with Crippen molar-refractivity contribution in [2.75, 3.05) is 20.8 Å². The zero-order valence-electron chi connectivity index (χ0n) is 15.8. The Labute approximate surface area is 159 Å². The summed E-state index contributed by atoms with van der Waals surface area (Å²) in [5.41, 5.74) is 0.224. The Balaban J connectivity index is 2.00. The first kappa shape index (κ1) is 20.3. The molecule has 0 fully saturated rings. The number of methoxy groups -OCH3 is 2. The van der Waals surface area contributed by atoms with Crippen molar-refractivity contribution in [3.05, 3.63) is 59.7 Å². The fourth-order valence-corrected chi connectivity index (χ4v) is 2.90. The second-order valence-electron chi connectivity index (χ2n) is 6.46. The summed E-state index contributed by atoms with van der Waals surface area (Å²) in [6.45, 7) is 1.93. The van der Waals surface area contributed by atoms with Crippen LogP contribution in [0.2, 0.25) is 0 Å². The van der Waals surface area contributed by atoms with Crippen LogP contribution in [0, 0.1) is 0 Å². The van der Waals surface area contributed by atoms with E-state index < -0.39 is 11.4 Å². The molecule has 0 aromatic heterocycles. The Kier molecular flexibility index (Phi) is 6.82. The number of carboxylic acids is 1. The van der Waals surface area contributed by atoms with Gasteiger partial charge in [-0.15, -0.1) is 0 Å². The minimum atomic E-state index is -1.28. The van der Waals surface area contributed by atoms with Crippen molar-refractivity contribution in [3.63, 3.8) is 0 Å². The van der Waals surface area contributed by atoms with Crippen LogP contribution in [-0.4, -0.2) is 37.7 Å². The van der Waals surface area contributed by atoms with Gasteiger partial charge in [0.05, 0.1) is 19.6 Å². The molecular formula is C21H25NO5. The summed E-state index contributed by atoms with van der Waals surface area (Å²) in [7, 11) is 3.17. The first-order valence-corrected chi connectivity index (χ1v) is 8.67. The molecule has 2 aromatic carbocycles. The summed E-state index contributed by atoms with van der Waals surface area (Å²) in [5, 5.41) is 12.5. The molecule has 27 heavy (non-hydrogen) atoms. The number of amides is 1. The van der Waals surface area contributed by atoms with E-state index in [-0.39, 0.29) is 12.3 Å². The first-order chi connectivity index (χ1) is 12.9. The molecule has 2 rings (SSSR count). The molecule has 1 atom stereocenters. The minimum absolute atomic E-state index is 0.137. The highest BCUT2D eigenvalue weighted by molar-refractivity contribution is 5.89. The second-order valence-corrected chi connectivity index (χ2v) is 6.46. The number of benzene rings is 2. The van der Waals surface area contributed by atoms with E-state index in [2.05, 4.69) is 5.32 Å². The van der Waals surface area contributed by atoms with Gasteiger partial charge < -0.3 is 19.9 Å². The normalized spacial score (nSPS) is 12.7. The lowest BCUT2D eigenvalue weighted by Gasteiger charge is -2.24. The summed E-state index contributed by atoms with van der Waals surface area (Å²) >= 11 is 0. The Morgan fingerprint density at radius 1 is 1.07 bits per heavy atom. The molecule has 6 nitrogen and oxygen atoms in total. The number of carboxylic acid groups (broad SMARTS) is 1. The molecule has 0 radical (unpaired) electrons. The maximum absolute atomic E-state index is 12.4. The van der Waals surface area contributed by atoms with Gasteiger partial charge in [-0.3, -0.25) is 9.59 Å². The van der Waals surface area contributed by atoms with E-state index in [9.17, 15) is 14.7 Å². The zero-order valence-corrected chi connectivity index (χ0v) is 15.8. The van der Waals surface area contributed by atoms with Gasteiger partial charge in [0, 0.05) is 13.0 Å². The van der Waals surface area contributed by atoms with Crippen LogP contribution in [0.5, 0.6) is 11.5 Å². The van der Waals surface area contributed by atoms with Gasteiger partial charge >= 0.3 is 5.97 Å². The quantitative estimate of drug-likeness (QED) is 0.708. The molecule has 144 valence electrons. The topological polar surface area (TPSA) is 84.9 Å². The van der Waals surface area contributed by atoms with Crippen LogP contribution in [-0.2, 0) is 21.4 Å². The third kappa shape index (κ3) is 5.00. The Bertz CT molecular complexity index is 790. The number of carbonyl (C=O) groups excluding carboxylic acids is 1. The number of hydrogen-bond acceptors (Lipinski definition) is 4. The molecule has 1 amide bonds. The molecule has 0 heterocycles. The van der Waals surface area contributed by atoms with E-state index in [1.807, 2.05) is 18.2 Å². The van der Waals surface area contributed by atoms with E-state index >= 15 is 0 Å². The minimum Gasteiger partial charge on any atom is -0.497 e. The Morgan fingerprint density at radius 2 is 1.78 bits per heavy atom. The van der Waals surface area contributed by atoms with Crippen molar-refractivity contribution >= 4 is 11.9 Å². The lowest BCUT2D eigenvalue weighted by atomic mass is 9.79. The summed E-state index contributed by atoms with van der Waals surface area (Å²) in [5.74, 6) is 0.0771. The molecule has 0 saturated carbocycles. The molecule has 0 aliphatic carbocycles. The molecule has 6 heteroatoms. The van der Waals surface area contributed by atoms with Crippen LogP contribution in [0.3, 0.4) is 0 Å². The molecule has 0 aliphatic rings. The Morgan fingerprint density at radius 3 is 2.37 bits per heavy atom. The molecule has 0 bridgehead atoms. The van der Waals surface area contributed by atoms with E-state index in [0.717, 1.165) is 5.56 Å². The van der Waals surface area contributed by atoms with Crippen LogP contribution < -0.4 is 14.8 Å². The monoisotopic (exact) mass is 371 g/mol. The maximum Gasteiger partial charge on any atom is 0.314 e. The molecule has 2 N–H and O–H groups in total. The zero-order chi connectivity index (χ0) is 19.9. The van der Waals surface area contributed by atoms with Gasteiger partial charge in [0.15, 0.2) is 0 Å². The fraction of sp³-hybridized carbons (Fsp3) is 0.333. The fourth-order valence-electron chi connectivity index (χ4n) is 2.90. The van der Waals surface area contributed by atoms with Gasteiger partial charge in [-0.2, -0.15) is 0 Å². The molecule has 0 aliphatic heterocycles. The van der Waals surface area contributed by atoms with Gasteiger partial charge in [-0.25, -0.2) is 0 Å². The molecule has 2 aromatic rings. The van der Waals surface area contributed by atoms with Crippen molar-refractivity contribution < 1.29 is 24.2 Å². The SMILES string of the molecule is COc1ccc(OC)c(CCNC(=O)CC(C)(C(=O)O)c2ccccc2)c1. The van der Waals surface area contributed by atoms with Gasteiger partial charge in [-0.1, -0.05) is 30.3 Å². The van der Waals surface area contributed by atoms with Crippen LogP contribution >= 0.6 is 0 Å². The number of aliphatic carboxylic acids is 1. The highest BCUT2D eigenvalue weighted by atomic mass is 16.5. The number of nitrogens with one attached hydrogen (secondary N) is 1. The first-order valence-electron chi connectivity index (χ1n) is 8.67. The molecular weight excluding hydrogens is 346 g/mol. The summed E-state index contributed by atoms with van der Waals surface area (Å²) < 4.78 is 10.5. The van der Waals surface area contributed by atoms with Crippen molar-refractivity contribution in [1.82, 2.24) is 5.32 Å². The highest BCUT2D eigenvalue weighted by Crippen LogP contribution is 2.28. The number of carbonyl (C=O) groups is 2. The van der Waals surface area contributed by atoms with Crippen molar-refractivity contribution in [2.24, 2.45) is 0 Å². The van der Waals surface area contributed by atoms with Gasteiger partial charge in [-0.05, 0) is 42.7 Å². The van der Waals surface area contributed by atoms with E-state index in [1.54, 1.807) is 51.5 Å². The van der Waals surface area contributed by atoms with E-state index in [0.29, 0.717) is 30.0 Å². The van der Waals surface area contributed by atoms with Gasteiger partial charge in [0.25, 0.3) is 0 Å². The Hall–Kier alpha value is -3.02. The van der Waals surface area contributed by atoms with Crippen LogP contribution in [0.25, 0.3) is 0 Å². The van der Waals surface area contributed by atoms with Gasteiger partial charge in [0.2, 0.25) is 5.91 Å². The average Bonchev–Trinajstić information content (AvgIpc) is 2.68. The predicted molar refractivity (Wildman–Crippen MR) is 102 cm³/mol. The number of ether oxygens (including phenoxy) is 2. The van der Waals surface area contributed by atoms with Crippen LogP contribution in [0.4, 0.5) is 0 Å². The highest BCUT2D eigenvalue weighted by Gasteiger charge is 2.37. The summed E-state index contributed by atoms with van der Waals surface area (Å²) in [6.07, 6.45) is 0.406. The standard InChI is InChI=1S/C21H25NO5/c1-21(20(24)25,16-7-5-4-6-8-16)14-19(23)22-12-11-15-13-17(26-2)9-10-18(15)27-3/h4-10,13H,11-12,14H2,1-3H3,(H,22,23)(H,24,25). The average molecular weight is 371 g/mol. The lowest BCUT2D eigenvalue weighted by Crippen LogP contribution is -2.39. The maximum atomic E-state index is 12.4. The van der Waals surface area contributed by atoms with Crippen LogP contribution in [0.1, 0.15) is 24.5 Å². The molecule has 0 saturated heterocycles. The lowest BCUT2D eigenvalue weighted by molar-refractivity contribution is -0.145. The third-order valence-electron chi connectivity index (χ3n) is 4.60. The smallest absolute Gasteiger partial charge is 0.314 e. The van der Waals surface area contributed by atoms with Crippen LogP contribution in [0.15, 0.2) is 48.5 Å². The molecule has 1 unspecified atom stereocenters. The summed E-state index contributed by atoms with van der Waals surface area (Å²) in [6, 6.07) is 14.3. The summed E-state index contributed by atoms with van der Waals surface area (Å²) in [4.78, 5) is 24.2. The predicted octanol–water partition coefficient (Wildman–Crippen LogP) is 2.80. The van der Waals surface area contributed by atoms with Gasteiger partial charge in [0.1, 0.15) is 11.5 Å². The number of hydrogen-bond donors (Lipinski definition) is 2.